The van der Waals surface area contributed by atoms with Gasteiger partial charge >= 0.3 is 0 Å². The molecule has 0 saturated carbocycles. The second-order valence-corrected chi connectivity index (χ2v) is 13.2. The Morgan fingerprint density at radius 3 is 1.60 bits per heavy atom. The molecule has 0 atom stereocenters. The molecule has 0 unspecified atom stereocenters. The van der Waals surface area contributed by atoms with E-state index >= 15 is 0 Å². The number of benzene rings is 7. The fraction of sp³-hybridized carbons (Fsp3) is 0. The van der Waals surface area contributed by atoms with Crippen molar-refractivity contribution in [2.45, 2.75) is 0 Å². The maximum Gasteiger partial charge on any atom is 0.238 e. The number of furan rings is 1. The van der Waals surface area contributed by atoms with Crippen LogP contribution in [0, 0.1) is 0 Å². The van der Waals surface area contributed by atoms with E-state index in [0.29, 0.717) is 11.8 Å². The molecule has 0 fully saturated rings. The zero-order valence-electron chi connectivity index (χ0n) is 28.2. The molecule has 0 aliphatic carbocycles. The molecule has 10 rings (SSSR count). The standard InChI is InChI=1S/C43H21B5N4O/c44-36-35(37(45)39(47)40(48)38(36)46)42-49-41(50-43(51-42)52-31-11-5-3-9-27(31)28-10-4-6-12-32(28)52)26-16-18-34-30(21-26)29-20-25(15-17-33(29)53-34)24-14-13-22-7-1-2-8-23(22)19-24/h1-21H. The molecule has 0 saturated heterocycles. The van der Waals surface area contributed by atoms with E-state index in [1.165, 1.54) is 10.8 Å². The van der Waals surface area contributed by atoms with E-state index in [1.807, 2.05) is 65.2 Å². The molecule has 0 aliphatic heterocycles. The van der Waals surface area contributed by atoms with Crippen LogP contribution in [0.5, 0.6) is 0 Å². The summed E-state index contributed by atoms with van der Waals surface area (Å²) >= 11 is 0. The minimum atomic E-state index is 0.112. The highest BCUT2D eigenvalue weighted by molar-refractivity contribution is 6.68. The summed E-state index contributed by atoms with van der Waals surface area (Å²) in [6.45, 7) is 0. The van der Waals surface area contributed by atoms with Crippen LogP contribution in [-0.2, 0) is 0 Å². The van der Waals surface area contributed by atoms with Crippen LogP contribution in [0.4, 0.5) is 0 Å². The first-order valence-electron chi connectivity index (χ1n) is 17.1. The Morgan fingerprint density at radius 1 is 0.415 bits per heavy atom. The van der Waals surface area contributed by atoms with E-state index in [0.717, 1.165) is 60.4 Å². The SMILES string of the molecule is [B]c1c([B])c([B])c(-c2nc(-c3ccc4oc5ccc(-c6ccc7ccccc7c6)cc5c4c3)nc(-n3c4ccccc4c4ccccc43)n2)c([B])c1[B]. The van der Waals surface area contributed by atoms with Crippen LogP contribution in [0.15, 0.2) is 132 Å². The summed E-state index contributed by atoms with van der Waals surface area (Å²) in [5.41, 5.74) is 7.18. The van der Waals surface area contributed by atoms with E-state index in [4.69, 9.17) is 58.6 Å². The smallest absolute Gasteiger partial charge is 0.238 e. The molecule has 10 aromatic rings. The monoisotopic (exact) mass is 664 g/mol. The minimum Gasteiger partial charge on any atom is -0.456 e. The number of hydrogen-bond acceptors (Lipinski definition) is 4. The number of fused-ring (bicyclic) bond motifs is 7. The second kappa shape index (κ2) is 11.9. The predicted octanol–water partition coefficient (Wildman–Crippen LogP) is 4.99. The average molecular weight is 664 g/mol. The third kappa shape index (κ3) is 4.89. The molecular weight excluding hydrogens is 643 g/mol. The maximum absolute atomic E-state index is 6.58. The van der Waals surface area contributed by atoms with Gasteiger partial charge in [0.25, 0.3) is 0 Å². The summed E-state index contributed by atoms with van der Waals surface area (Å²) in [6, 6.07) is 43.3. The fourth-order valence-electron chi connectivity index (χ4n) is 7.40. The van der Waals surface area contributed by atoms with Gasteiger partial charge in [-0.05, 0) is 70.4 Å². The molecule has 0 bridgehead atoms. The van der Waals surface area contributed by atoms with Crippen LogP contribution >= 0.6 is 0 Å². The Kier molecular flexibility index (Phi) is 7.06. The average Bonchev–Trinajstić information content (AvgIpc) is 3.74. The molecule has 3 heterocycles. The highest BCUT2D eigenvalue weighted by atomic mass is 16.3. The fourth-order valence-corrected chi connectivity index (χ4v) is 7.40. The van der Waals surface area contributed by atoms with Crippen LogP contribution in [0.1, 0.15) is 0 Å². The first kappa shape index (κ1) is 31.5. The summed E-state index contributed by atoms with van der Waals surface area (Å²) in [6.07, 6.45) is 0. The summed E-state index contributed by atoms with van der Waals surface area (Å²) < 4.78 is 8.33. The lowest BCUT2D eigenvalue weighted by Gasteiger charge is -2.21. The maximum atomic E-state index is 6.58. The Hall–Kier alpha value is -6.27. The lowest BCUT2D eigenvalue weighted by atomic mass is 9.60. The Bertz CT molecular complexity index is 3070. The molecule has 0 amide bonds. The molecule has 0 N–H and O–H groups in total. The third-order valence-corrected chi connectivity index (χ3v) is 10.1. The van der Waals surface area contributed by atoms with Gasteiger partial charge in [-0.2, -0.15) is 9.97 Å². The van der Waals surface area contributed by atoms with E-state index in [2.05, 4.69) is 66.7 Å². The van der Waals surface area contributed by atoms with Crippen molar-refractivity contribution in [2.24, 2.45) is 0 Å². The summed E-state index contributed by atoms with van der Waals surface area (Å²) in [5, 5.41) is 6.37. The van der Waals surface area contributed by atoms with Crippen LogP contribution in [-0.4, -0.2) is 58.8 Å². The first-order chi connectivity index (χ1) is 25.8. The lowest BCUT2D eigenvalue weighted by molar-refractivity contribution is 0.669. The van der Waals surface area contributed by atoms with Gasteiger partial charge in [0, 0.05) is 32.7 Å². The summed E-state index contributed by atoms with van der Waals surface area (Å²) in [4.78, 5) is 15.0. The van der Waals surface area contributed by atoms with E-state index in [1.54, 1.807) is 0 Å². The van der Waals surface area contributed by atoms with Gasteiger partial charge in [0.15, 0.2) is 11.6 Å². The molecule has 234 valence electrons. The topological polar surface area (TPSA) is 56.7 Å². The lowest BCUT2D eigenvalue weighted by Crippen LogP contribution is -2.55. The quantitative estimate of drug-likeness (QED) is 0.249. The van der Waals surface area contributed by atoms with Gasteiger partial charge in [-0.3, -0.25) is 4.57 Å². The largest absolute Gasteiger partial charge is 0.456 e. The highest BCUT2D eigenvalue weighted by Gasteiger charge is 2.21. The van der Waals surface area contributed by atoms with Crippen molar-refractivity contribution in [2.75, 3.05) is 0 Å². The van der Waals surface area contributed by atoms with Gasteiger partial charge in [-0.1, -0.05) is 89.8 Å². The minimum absolute atomic E-state index is 0.112. The summed E-state index contributed by atoms with van der Waals surface area (Å²) in [7, 11) is 32.0. The number of para-hydroxylation sites is 2. The van der Waals surface area contributed by atoms with Gasteiger partial charge in [0.05, 0.1) is 11.0 Å². The predicted molar refractivity (Wildman–Crippen MR) is 222 cm³/mol. The summed E-state index contributed by atoms with van der Waals surface area (Å²) in [5.74, 6) is 0.962. The van der Waals surface area contributed by atoms with Crippen molar-refractivity contribution in [1.82, 2.24) is 19.5 Å². The molecule has 3 aromatic heterocycles. The normalized spacial score (nSPS) is 11.8. The molecular formula is C43H21B5N4O. The van der Waals surface area contributed by atoms with Gasteiger partial charge in [0.1, 0.15) is 50.4 Å². The molecule has 10 radical (unpaired) electrons. The van der Waals surface area contributed by atoms with E-state index in [9.17, 15) is 0 Å². The number of nitrogens with zero attached hydrogens (tertiary/aromatic N) is 4. The van der Waals surface area contributed by atoms with Crippen LogP contribution < -0.4 is 27.3 Å². The molecule has 0 aliphatic rings. The van der Waals surface area contributed by atoms with Crippen LogP contribution in [0.25, 0.3) is 94.4 Å². The van der Waals surface area contributed by atoms with Crippen molar-refractivity contribution in [3.05, 3.63) is 127 Å². The third-order valence-electron chi connectivity index (χ3n) is 10.1. The van der Waals surface area contributed by atoms with Gasteiger partial charge in [0.2, 0.25) is 5.95 Å². The van der Waals surface area contributed by atoms with Crippen molar-refractivity contribution < 1.29 is 4.42 Å². The molecule has 5 nitrogen and oxygen atoms in total. The number of hydrogen-bond donors (Lipinski definition) is 0. The number of aromatic nitrogens is 4. The van der Waals surface area contributed by atoms with E-state index < -0.39 is 0 Å². The Labute approximate surface area is 311 Å². The van der Waals surface area contributed by atoms with Crippen molar-refractivity contribution in [3.8, 4) is 39.9 Å². The van der Waals surface area contributed by atoms with Crippen LogP contribution in [0.3, 0.4) is 0 Å². The zero-order chi connectivity index (χ0) is 36.0. The second-order valence-electron chi connectivity index (χ2n) is 13.2. The van der Waals surface area contributed by atoms with Gasteiger partial charge < -0.3 is 4.42 Å². The zero-order valence-corrected chi connectivity index (χ0v) is 28.2. The van der Waals surface area contributed by atoms with E-state index in [-0.39, 0.29) is 38.7 Å². The van der Waals surface area contributed by atoms with Crippen molar-refractivity contribution >= 4 is 121 Å². The van der Waals surface area contributed by atoms with Crippen molar-refractivity contribution in [1.29, 1.82) is 0 Å². The van der Waals surface area contributed by atoms with Crippen molar-refractivity contribution in [3.63, 3.8) is 0 Å². The number of rotatable bonds is 4. The Balaban J connectivity index is 1.21. The molecule has 7 aromatic carbocycles. The van der Waals surface area contributed by atoms with Crippen LogP contribution in [0.2, 0.25) is 0 Å². The molecule has 53 heavy (non-hydrogen) atoms. The Morgan fingerprint density at radius 2 is 0.925 bits per heavy atom. The van der Waals surface area contributed by atoms with Gasteiger partial charge in [-0.15, -0.1) is 16.4 Å². The van der Waals surface area contributed by atoms with Gasteiger partial charge in [-0.25, -0.2) is 4.98 Å². The molecule has 0 spiro atoms. The highest BCUT2D eigenvalue weighted by Crippen LogP contribution is 2.36. The first-order valence-corrected chi connectivity index (χ1v) is 17.1. The molecule has 10 heteroatoms.